The van der Waals surface area contributed by atoms with Gasteiger partial charge < -0.3 is 10.2 Å². The lowest BCUT2D eigenvalue weighted by Gasteiger charge is -2.16. The number of hydrogen-bond donors (Lipinski definition) is 1. The molecule has 14 heavy (non-hydrogen) atoms. The smallest absolute Gasteiger partial charge is 0.228 e. The van der Waals surface area contributed by atoms with Crippen molar-refractivity contribution in [1.29, 1.82) is 0 Å². The van der Waals surface area contributed by atoms with Crippen LogP contribution in [-0.2, 0) is 11.2 Å². The van der Waals surface area contributed by atoms with Crippen LogP contribution in [0.3, 0.4) is 0 Å². The molecule has 0 saturated heterocycles. The quantitative estimate of drug-likeness (QED) is 0.597. The van der Waals surface area contributed by atoms with Gasteiger partial charge in [0.2, 0.25) is 5.91 Å². The first-order valence-corrected chi connectivity index (χ1v) is 4.94. The van der Waals surface area contributed by atoms with Crippen molar-refractivity contribution in [3.63, 3.8) is 0 Å². The molecule has 0 aliphatic carbocycles. The van der Waals surface area contributed by atoms with Crippen molar-refractivity contribution in [2.75, 3.05) is 23.3 Å². The summed E-state index contributed by atoms with van der Waals surface area (Å²) in [5.74, 6) is 0.0608. The lowest BCUT2D eigenvalue weighted by molar-refractivity contribution is -0.115. The third-order valence-electron chi connectivity index (χ3n) is 2.33. The number of rotatable bonds is 2. The van der Waals surface area contributed by atoms with Crippen LogP contribution in [0.5, 0.6) is 0 Å². The van der Waals surface area contributed by atoms with Crippen LogP contribution in [0.15, 0.2) is 18.2 Å². The second-order valence-corrected chi connectivity index (χ2v) is 3.62. The Morgan fingerprint density at radius 3 is 3.07 bits per heavy atom. The van der Waals surface area contributed by atoms with Crippen molar-refractivity contribution in [2.24, 2.45) is 0 Å². The van der Waals surface area contributed by atoms with Crippen molar-refractivity contribution in [3.05, 3.63) is 23.8 Å². The minimum atomic E-state index is 0.0608. The standard InChI is InChI=1S/C10H11ClN2O/c1-13(6-11)8-2-3-9-7(4-8)5-10(14)12-9/h2-4H,5-6H2,1H3,(H,12,14). The number of alkyl halides is 1. The Balaban J connectivity index is 2.32. The van der Waals surface area contributed by atoms with Crippen LogP contribution >= 0.6 is 11.6 Å². The number of amides is 1. The normalized spacial score (nSPS) is 13.7. The second kappa shape index (κ2) is 3.50. The van der Waals surface area contributed by atoms with Gasteiger partial charge in [-0.25, -0.2) is 0 Å². The highest BCUT2D eigenvalue weighted by atomic mass is 35.5. The summed E-state index contributed by atoms with van der Waals surface area (Å²) in [7, 11) is 1.92. The second-order valence-electron chi connectivity index (χ2n) is 3.38. The van der Waals surface area contributed by atoms with Gasteiger partial charge in [0.25, 0.3) is 0 Å². The van der Waals surface area contributed by atoms with Gasteiger partial charge in [-0.3, -0.25) is 4.79 Å². The average molecular weight is 211 g/mol. The summed E-state index contributed by atoms with van der Waals surface area (Å²) in [6.07, 6.45) is 0.472. The zero-order valence-corrected chi connectivity index (χ0v) is 8.64. The maximum Gasteiger partial charge on any atom is 0.228 e. The lowest BCUT2D eigenvalue weighted by Crippen LogP contribution is -2.13. The highest BCUT2D eigenvalue weighted by Gasteiger charge is 2.17. The molecule has 4 heteroatoms. The number of benzene rings is 1. The third kappa shape index (κ3) is 1.55. The maximum atomic E-state index is 11.1. The van der Waals surface area contributed by atoms with Crippen molar-refractivity contribution in [3.8, 4) is 0 Å². The Bertz CT molecular complexity index is 378. The van der Waals surface area contributed by atoms with E-state index in [4.69, 9.17) is 11.6 Å². The van der Waals surface area contributed by atoms with Crippen LogP contribution in [-0.4, -0.2) is 19.0 Å². The molecule has 0 saturated carbocycles. The molecule has 0 spiro atoms. The molecule has 1 aromatic carbocycles. The minimum absolute atomic E-state index is 0.0608. The van der Waals surface area contributed by atoms with Crippen LogP contribution in [0.1, 0.15) is 5.56 Å². The number of anilines is 2. The van der Waals surface area contributed by atoms with Crippen LogP contribution < -0.4 is 10.2 Å². The van der Waals surface area contributed by atoms with E-state index in [0.717, 1.165) is 16.9 Å². The summed E-state index contributed by atoms with van der Waals surface area (Å²) in [6.45, 7) is 0. The molecule has 0 unspecified atom stereocenters. The number of nitrogens with zero attached hydrogens (tertiary/aromatic N) is 1. The van der Waals surface area contributed by atoms with E-state index in [1.807, 2.05) is 30.1 Å². The van der Waals surface area contributed by atoms with Gasteiger partial charge in [0.15, 0.2) is 0 Å². The highest BCUT2D eigenvalue weighted by molar-refractivity contribution is 6.19. The van der Waals surface area contributed by atoms with Gasteiger partial charge in [0, 0.05) is 18.4 Å². The van der Waals surface area contributed by atoms with Gasteiger partial charge in [-0.1, -0.05) is 0 Å². The third-order valence-corrected chi connectivity index (χ3v) is 2.69. The Hall–Kier alpha value is -1.22. The van der Waals surface area contributed by atoms with Crippen molar-refractivity contribution in [1.82, 2.24) is 0 Å². The SMILES string of the molecule is CN(CCl)c1ccc2c(c1)CC(=O)N2. The zero-order valence-electron chi connectivity index (χ0n) is 7.88. The molecule has 0 fully saturated rings. The minimum Gasteiger partial charge on any atom is -0.361 e. The molecule has 74 valence electrons. The largest absolute Gasteiger partial charge is 0.361 e. The molecule has 0 radical (unpaired) electrons. The first-order chi connectivity index (χ1) is 6.70. The monoisotopic (exact) mass is 210 g/mol. The number of nitrogens with one attached hydrogen (secondary N) is 1. The van der Waals surface area contributed by atoms with Crippen molar-refractivity contribution >= 4 is 28.9 Å². The molecular weight excluding hydrogens is 200 g/mol. The van der Waals surface area contributed by atoms with E-state index in [1.165, 1.54) is 0 Å². The van der Waals surface area contributed by atoms with Crippen LogP contribution in [0, 0.1) is 0 Å². The van der Waals surface area contributed by atoms with Crippen LogP contribution in [0.25, 0.3) is 0 Å². The molecular formula is C10H11ClN2O. The molecule has 1 aromatic rings. The number of hydrogen-bond acceptors (Lipinski definition) is 2. The summed E-state index contributed by atoms with van der Waals surface area (Å²) >= 11 is 5.71. The van der Waals surface area contributed by atoms with E-state index in [0.29, 0.717) is 12.4 Å². The van der Waals surface area contributed by atoms with E-state index in [2.05, 4.69) is 5.32 Å². The summed E-state index contributed by atoms with van der Waals surface area (Å²) in [5, 5.41) is 2.79. The fourth-order valence-electron chi connectivity index (χ4n) is 1.52. The van der Waals surface area contributed by atoms with Gasteiger partial charge >= 0.3 is 0 Å². The van der Waals surface area contributed by atoms with Crippen LogP contribution in [0.4, 0.5) is 11.4 Å². The van der Waals surface area contributed by atoms with E-state index in [1.54, 1.807) is 0 Å². The van der Waals surface area contributed by atoms with E-state index in [-0.39, 0.29) is 5.91 Å². The molecule has 1 amide bonds. The molecule has 1 aliphatic rings. The van der Waals surface area contributed by atoms with Gasteiger partial charge in [0.1, 0.15) is 0 Å². The predicted molar refractivity (Wildman–Crippen MR) is 57.9 cm³/mol. The fourth-order valence-corrected chi connectivity index (χ4v) is 1.66. The summed E-state index contributed by atoms with van der Waals surface area (Å²) in [4.78, 5) is 13.0. The predicted octanol–water partition coefficient (Wildman–Crippen LogP) is 1.81. The number of halogens is 1. The molecule has 1 heterocycles. The summed E-state index contributed by atoms with van der Waals surface area (Å²) in [6, 6.07) is 6.31. The Morgan fingerprint density at radius 1 is 1.57 bits per heavy atom. The van der Waals surface area contributed by atoms with Gasteiger partial charge in [0.05, 0.1) is 12.4 Å². The molecule has 3 nitrogen and oxygen atoms in total. The number of fused-ring (bicyclic) bond motifs is 1. The Kier molecular flexibility index (Phi) is 2.33. The van der Waals surface area contributed by atoms with Gasteiger partial charge in [-0.15, -0.1) is 11.6 Å². The molecule has 1 N–H and O–H groups in total. The van der Waals surface area contributed by atoms with E-state index >= 15 is 0 Å². The van der Waals surface area contributed by atoms with Gasteiger partial charge in [-0.2, -0.15) is 0 Å². The number of carbonyl (C=O) groups excluding carboxylic acids is 1. The van der Waals surface area contributed by atoms with Crippen LogP contribution in [0.2, 0.25) is 0 Å². The molecule has 2 rings (SSSR count). The number of carbonyl (C=O) groups is 1. The summed E-state index contributed by atoms with van der Waals surface area (Å²) < 4.78 is 0. The summed E-state index contributed by atoms with van der Waals surface area (Å²) in [5.41, 5.74) is 3.00. The average Bonchev–Trinajstić information content (AvgIpc) is 2.55. The zero-order chi connectivity index (χ0) is 10.1. The fraction of sp³-hybridized carbons (Fsp3) is 0.300. The maximum absolute atomic E-state index is 11.1. The van der Waals surface area contributed by atoms with Crippen molar-refractivity contribution in [2.45, 2.75) is 6.42 Å². The Labute approximate surface area is 87.7 Å². The Morgan fingerprint density at radius 2 is 2.36 bits per heavy atom. The van der Waals surface area contributed by atoms with E-state index in [9.17, 15) is 4.79 Å². The lowest BCUT2D eigenvalue weighted by atomic mass is 10.1. The molecule has 1 aliphatic heterocycles. The molecule has 0 atom stereocenters. The van der Waals surface area contributed by atoms with Crippen molar-refractivity contribution < 1.29 is 4.79 Å². The van der Waals surface area contributed by atoms with E-state index < -0.39 is 0 Å². The topological polar surface area (TPSA) is 32.3 Å². The first kappa shape index (κ1) is 9.34. The van der Waals surface area contributed by atoms with Gasteiger partial charge in [-0.05, 0) is 23.8 Å². The molecule has 0 bridgehead atoms. The first-order valence-electron chi connectivity index (χ1n) is 4.40. The highest BCUT2D eigenvalue weighted by Crippen LogP contribution is 2.27. The molecule has 0 aromatic heterocycles.